The highest BCUT2D eigenvalue weighted by Crippen LogP contribution is 2.06. The number of aromatic amines is 1. The molecule has 3 heteroatoms. The lowest BCUT2D eigenvalue weighted by atomic mass is 9.99. The quantitative estimate of drug-likeness (QED) is 0.633. The van der Waals surface area contributed by atoms with Gasteiger partial charge < -0.3 is 5.73 Å². The number of H-pyrrole nitrogens is 1. The molecule has 0 bridgehead atoms. The van der Waals surface area contributed by atoms with E-state index < -0.39 is 0 Å². The van der Waals surface area contributed by atoms with Crippen molar-refractivity contribution in [2.75, 3.05) is 0 Å². The summed E-state index contributed by atoms with van der Waals surface area (Å²) in [6, 6.07) is 0. The van der Waals surface area contributed by atoms with E-state index in [2.05, 4.69) is 10.2 Å². The molecule has 1 heterocycles. The molecule has 1 aromatic heterocycles. The number of nitrogens with zero attached hydrogens (tertiary/aromatic N) is 1. The molecule has 0 aromatic carbocycles. The van der Waals surface area contributed by atoms with Gasteiger partial charge in [0.05, 0.1) is 6.20 Å². The van der Waals surface area contributed by atoms with Crippen molar-refractivity contribution in [1.82, 2.24) is 10.2 Å². The molecule has 0 radical (unpaired) electrons. The molecule has 0 saturated heterocycles. The Morgan fingerprint density at radius 3 is 2.80 bits per heavy atom. The molecular weight excluding hydrogens is 126 g/mol. The number of hydrogen-bond donors (Lipinski definition) is 2. The van der Waals surface area contributed by atoms with E-state index in [1.54, 1.807) is 6.20 Å². The Hall–Kier alpha value is -0.830. The van der Waals surface area contributed by atoms with Crippen molar-refractivity contribution in [2.24, 2.45) is 5.73 Å². The first-order chi connectivity index (χ1) is 4.58. The van der Waals surface area contributed by atoms with E-state index in [4.69, 9.17) is 5.73 Å². The van der Waals surface area contributed by atoms with Gasteiger partial charge in [-0.25, -0.2) is 0 Å². The topological polar surface area (TPSA) is 54.7 Å². The van der Waals surface area contributed by atoms with Crippen molar-refractivity contribution in [2.45, 2.75) is 25.8 Å². The standard InChI is InChI=1S/C7H13N3/c1-7(2,8)3-6-4-9-10-5-6/h4-5H,3,8H2,1-2H3,(H,9,10). The monoisotopic (exact) mass is 139 g/mol. The van der Waals surface area contributed by atoms with Crippen LogP contribution in [-0.4, -0.2) is 15.7 Å². The van der Waals surface area contributed by atoms with Gasteiger partial charge in [-0.05, 0) is 25.8 Å². The summed E-state index contributed by atoms with van der Waals surface area (Å²) in [6.07, 6.45) is 4.53. The minimum Gasteiger partial charge on any atom is -0.325 e. The summed E-state index contributed by atoms with van der Waals surface area (Å²) >= 11 is 0. The Morgan fingerprint density at radius 2 is 2.40 bits per heavy atom. The molecule has 0 saturated carbocycles. The van der Waals surface area contributed by atoms with E-state index in [0.29, 0.717) is 0 Å². The Bertz CT molecular complexity index is 183. The molecule has 0 atom stereocenters. The van der Waals surface area contributed by atoms with E-state index >= 15 is 0 Å². The Balaban J connectivity index is 2.57. The molecule has 3 nitrogen and oxygen atoms in total. The summed E-state index contributed by atoms with van der Waals surface area (Å²) < 4.78 is 0. The van der Waals surface area contributed by atoms with Gasteiger partial charge in [0.15, 0.2) is 0 Å². The molecule has 1 rings (SSSR count). The smallest absolute Gasteiger partial charge is 0.0519 e. The molecular formula is C7H13N3. The van der Waals surface area contributed by atoms with Crippen LogP contribution in [-0.2, 0) is 6.42 Å². The molecule has 0 aliphatic carbocycles. The number of hydrogen-bond acceptors (Lipinski definition) is 2. The van der Waals surface area contributed by atoms with E-state index in [0.717, 1.165) is 12.0 Å². The average Bonchev–Trinajstić information content (AvgIpc) is 2.12. The fourth-order valence-electron chi connectivity index (χ4n) is 0.900. The highest BCUT2D eigenvalue weighted by atomic mass is 15.1. The maximum absolute atomic E-state index is 5.78. The van der Waals surface area contributed by atoms with Crippen molar-refractivity contribution in [3.8, 4) is 0 Å². The van der Waals surface area contributed by atoms with Gasteiger partial charge in [-0.2, -0.15) is 5.10 Å². The zero-order chi connectivity index (χ0) is 7.61. The second kappa shape index (κ2) is 2.42. The van der Waals surface area contributed by atoms with Crippen LogP contribution in [0.1, 0.15) is 19.4 Å². The minimum atomic E-state index is -0.135. The molecule has 0 aliphatic heterocycles. The van der Waals surface area contributed by atoms with Gasteiger partial charge in [0, 0.05) is 11.7 Å². The van der Waals surface area contributed by atoms with Crippen molar-refractivity contribution in [3.05, 3.63) is 18.0 Å². The summed E-state index contributed by atoms with van der Waals surface area (Å²) in [5.74, 6) is 0. The van der Waals surface area contributed by atoms with Crippen LogP contribution in [0.15, 0.2) is 12.4 Å². The van der Waals surface area contributed by atoms with Crippen molar-refractivity contribution < 1.29 is 0 Å². The Kier molecular flexibility index (Phi) is 1.76. The molecule has 3 N–H and O–H groups in total. The first-order valence-electron chi connectivity index (χ1n) is 3.34. The van der Waals surface area contributed by atoms with Crippen LogP contribution in [0.3, 0.4) is 0 Å². The summed E-state index contributed by atoms with van der Waals surface area (Å²) in [7, 11) is 0. The molecule has 0 amide bonds. The fourth-order valence-corrected chi connectivity index (χ4v) is 0.900. The first kappa shape index (κ1) is 7.28. The van der Waals surface area contributed by atoms with Crippen LogP contribution < -0.4 is 5.73 Å². The van der Waals surface area contributed by atoms with Crippen molar-refractivity contribution in [3.63, 3.8) is 0 Å². The third-order valence-electron chi connectivity index (χ3n) is 1.21. The highest BCUT2D eigenvalue weighted by molar-refractivity contribution is 5.06. The Labute approximate surface area is 60.6 Å². The number of nitrogens with one attached hydrogen (secondary N) is 1. The van der Waals surface area contributed by atoms with Crippen LogP contribution in [0.25, 0.3) is 0 Å². The predicted molar refractivity (Wildman–Crippen MR) is 40.6 cm³/mol. The average molecular weight is 139 g/mol. The largest absolute Gasteiger partial charge is 0.325 e. The van der Waals surface area contributed by atoms with Gasteiger partial charge in [-0.3, -0.25) is 5.10 Å². The zero-order valence-corrected chi connectivity index (χ0v) is 6.39. The van der Waals surface area contributed by atoms with Crippen molar-refractivity contribution >= 4 is 0 Å². The van der Waals surface area contributed by atoms with Gasteiger partial charge in [-0.1, -0.05) is 0 Å². The van der Waals surface area contributed by atoms with Gasteiger partial charge in [0.2, 0.25) is 0 Å². The van der Waals surface area contributed by atoms with Crippen LogP contribution in [0, 0.1) is 0 Å². The SMILES string of the molecule is CC(C)(N)Cc1cn[nH]c1. The predicted octanol–water partition coefficient (Wildman–Crippen LogP) is 0.690. The maximum Gasteiger partial charge on any atom is 0.0519 e. The van der Waals surface area contributed by atoms with Gasteiger partial charge >= 0.3 is 0 Å². The number of rotatable bonds is 2. The van der Waals surface area contributed by atoms with E-state index in [1.165, 1.54) is 0 Å². The molecule has 0 fully saturated rings. The van der Waals surface area contributed by atoms with E-state index in [-0.39, 0.29) is 5.54 Å². The van der Waals surface area contributed by atoms with Gasteiger partial charge in [0.1, 0.15) is 0 Å². The summed E-state index contributed by atoms with van der Waals surface area (Å²) in [6.45, 7) is 4.00. The fraction of sp³-hybridized carbons (Fsp3) is 0.571. The first-order valence-corrected chi connectivity index (χ1v) is 3.34. The second-order valence-corrected chi connectivity index (χ2v) is 3.27. The summed E-state index contributed by atoms with van der Waals surface area (Å²) in [5, 5.41) is 6.57. The third-order valence-corrected chi connectivity index (χ3v) is 1.21. The lowest BCUT2D eigenvalue weighted by molar-refractivity contribution is 0.517. The van der Waals surface area contributed by atoms with Gasteiger partial charge in [-0.15, -0.1) is 0 Å². The Morgan fingerprint density at radius 1 is 1.70 bits per heavy atom. The van der Waals surface area contributed by atoms with Crippen LogP contribution >= 0.6 is 0 Å². The highest BCUT2D eigenvalue weighted by Gasteiger charge is 2.11. The van der Waals surface area contributed by atoms with Crippen LogP contribution in [0.4, 0.5) is 0 Å². The van der Waals surface area contributed by atoms with Crippen LogP contribution in [0.5, 0.6) is 0 Å². The molecule has 10 heavy (non-hydrogen) atoms. The molecule has 0 aliphatic rings. The summed E-state index contributed by atoms with van der Waals surface area (Å²) in [5.41, 5.74) is 6.81. The lowest BCUT2D eigenvalue weighted by Gasteiger charge is -2.16. The van der Waals surface area contributed by atoms with E-state index in [1.807, 2.05) is 20.0 Å². The minimum absolute atomic E-state index is 0.135. The van der Waals surface area contributed by atoms with Crippen molar-refractivity contribution in [1.29, 1.82) is 0 Å². The zero-order valence-electron chi connectivity index (χ0n) is 6.39. The van der Waals surface area contributed by atoms with Gasteiger partial charge in [0.25, 0.3) is 0 Å². The molecule has 56 valence electrons. The number of nitrogens with two attached hydrogens (primary N) is 1. The third kappa shape index (κ3) is 2.19. The lowest BCUT2D eigenvalue weighted by Crippen LogP contribution is -2.34. The summed E-state index contributed by atoms with van der Waals surface area (Å²) in [4.78, 5) is 0. The van der Waals surface area contributed by atoms with E-state index in [9.17, 15) is 0 Å². The number of aromatic nitrogens is 2. The second-order valence-electron chi connectivity index (χ2n) is 3.27. The molecule has 0 spiro atoms. The normalized spacial score (nSPS) is 11.9. The molecule has 1 aromatic rings. The van der Waals surface area contributed by atoms with Crippen LogP contribution in [0.2, 0.25) is 0 Å². The maximum atomic E-state index is 5.78. The molecule has 0 unspecified atom stereocenters.